The first-order valence-corrected chi connectivity index (χ1v) is 5.38. The molecule has 0 aliphatic heterocycles. The van der Waals surface area contributed by atoms with E-state index < -0.39 is 6.23 Å². The number of ether oxygens (including phenoxy) is 4. The number of likely N-dealkylation sites (N-methyl/N-ethyl adjacent to an activating group) is 1. The fourth-order valence-corrected chi connectivity index (χ4v) is 0.860. The Balaban J connectivity index is 2.93. The Hall–Kier alpha value is -0.240. The van der Waals surface area contributed by atoms with Gasteiger partial charge in [-0.15, -0.1) is 0 Å². The first-order chi connectivity index (χ1) is 7.81. The van der Waals surface area contributed by atoms with Crippen LogP contribution in [0.25, 0.3) is 0 Å². The maximum Gasteiger partial charge on any atom is 0.128 e. The molecule has 0 saturated heterocycles. The summed E-state index contributed by atoms with van der Waals surface area (Å²) in [5.74, 6) is 0. The van der Waals surface area contributed by atoms with Crippen LogP contribution < -0.4 is 5.32 Å². The van der Waals surface area contributed by atoms with Gasteiger partial charge in [-0.25, -0.2) is 0 Å². The van der Waals surface area contributed by atoms with E-state index in [9.17, 15) is 0 Å². The molecule has 0 amide bonds. The molecule has 6 nitrogen and oxygen atoms in total. The standard InChI is InChI=1S/C10H23NO5/c1-11-10(12)9-16-8-7-15-6-5-14-4-3-13-2/h10-12H,3-9H2,1-2H3. The average Bonchev–Trinajstić information content (AvgIpc) is 2.31. The molecule has 0 aromatic rings. The van der Waals surface area contributed by atoms with Gasteiger partial charge in [0.2, 0.25) is 0 Å². The molecule has 0 aliphatic rings. The summed E-state index contributed by atoms with van der Waals surface area (Å²) in [6.45, 7) is 3.53. The van der Waals surface area contributed by atoms with E-state index in [-0.39, 0.29) is 6.61 Å². The summed E-state index contributed by atoms with van der Waals surface area (Å²) >= 11 is 0. The van der Waals surface area contributed by atoms with Crippen molar-refractivity contribution in [1.29, 1.82) is 0 Å². The Labute approximate surface area is 96.8 Å². The Morgan fingerprint density at radius 2 is 1.44 bits per heavy atom. The van der Waals surface area contributed by atoms with Crippen molar-refractivity contribution in [2.75, 3.05) is 60.4 Å². The highest BCUT2D eigenvalue weighted by atomic mass is 16.6. The Morgan fingerprint density at radius 1 is 0.938 bits per heavy atom. The van der Waals surface area contributed by atoms with Crippen LogP contribution in [-0.4, -0.2) is 71.7 Å². The molecule has 0 spiro atoms. The predicted octanol–water partition coefficient (Wildman–Crippen LogP) is -0.780. The molecule has 0 bridgehead atoms. The Kier molecular flexibility index (Phi) is 12.6. The maximum absolute atomic E-state index is 9.07. The maximum atomic E-state index is 9.07. The largest absolute Gasteiger partial charge is 0.382 e. The molecular formula is C10H23NO5. The van der Waals surface area contributed by atoms with Gasteiger partial charge in [-0.1, -0.05) is 0 Å². The van der Waals surface area contributed by atoms with Gasteiger partial charge in [-0.3, -0.25) is 5.32 Å². The monoisotopic (exact) mass is 237 g/mol. The summed E-state index contributed by atoms with van der Waals surface area (Å²) in [7, 11) is 3.30. The lowest BCUT2D eigenvalue weighted by Gasteiger charge is -2.10. The van der Waals surface area contributed by atoms with Crippen LogP contribution >= 0.6 is 0 Å². The molecule has 0 aromatic heterocycles. The van der Waals surface area contributed by atoms with Crippen LogP contribution in [-0.2, 0) is 18.9 Å². The second-order valence-electron chi connectivity index (χ2n) is 3.10. The topological polar surface area (TPSA) is 69.2 Å². The summed E-state index contributed by atoms with van der Waals surface area (Å²) < 4.78 is 20.4. The summed E-state index contributed by atoms with van der Waals surface area (Å²) in [5.41, 5.74) is 0. The highest BCUT2D eigenvalue weighted by Gasteiger charge is 1.98. The molecule has 1 atom stereocenters. The lowest BCUT2D eigenvalue weighted by atomic mass is 10.6. The van der Waals surface area contributed by atoms with Crippen molar-refractivity contribution in [3.63, 3.8) is 0 Å². The van der Waals surface area contributed by atoms with Gasteiger partial charge in [0.1, 0.15) is 6.23 Å². The van der Waals surface area contributed by atoms with Crippen molar-refractivity contribution in [1.82, 2.24) is 5.32 Å². The summed E-state index contributed by atoms with van der Waals surface area (Å²) in [5, 5.41) is 11.7. The van der Waals surface area contributed by atoms with Gasteiger partial charge in [-0.2, -0.15) is 0 Å². The molecule has 6 heteroatoms. The second-order valence-corrected chi connectivity index (χ2v) is 3.10. The lowest BCUT2D eigenvalue weighted by Crippen LogP contribution is -2.30. The molecule has 0 heterocycles. The van der Waals surface area contributed by atoms with Gasteiger partial charge in [0.05, 0.1) is 46.2 Å². The fourth-order valence-electron chi connectivity index (χ4n) is 0.860. The first-order valence-electron chi connectivity index (χ1n) is 5.38. The summed E-state index contributed by atoms with van der Waals surface area (Å²) in [4.78, 5) is 0. The first kappa shape index (κ1) is 15.8. The van der Waals surface area contributed by atoms with Gasteiger partial charge < -0.3 is 24.1 Å². The van der Waals surface area contributed by atoms with Crippen LogP contribution in [0.4, 0.5) is 0 Å². The molecule has 0 aromatic carbocycles. The quantitative estimate of drug-likeness (QED) is 0.343. The van der Waals surface area contributed by atoms with Crippen LogP contribution in [0.15, 0.2) is 0 Å². The third kappa shape index (κ3) is 11.8. The van der Waals surface area contributed by atoms with Gasteiger partial charge in [0, 0.05) is 7.11 Å². The van der Waals surface area contributed by atoms with Gasteiger partial charge >= 0.3 is 0 Å². The molecule has 0 rings (SSSR count). The molecule has 16 heavy (non-hydrogen) atoms. The van der Waals surface area contributed by atoms with E-state index in [1.54, 1.807) is 14.2 Å². The second kappa shape index (κ2) is 12.8. The molecule has 1 unspecified atom stereocenters. The molecule has 0 fully saturated rings. The smallest absolute Gasteiger partial charge is 0.128 e. The fraction of sp³-hybridized carbons (Fsp3) is 1.00. The van der Waals surface area contributed by atoms with Crippen LogP contribution in [0, 0.1) is 0 Å². The van der Waals surface area contributed by atoms with E-state index >= 15 is 0 Å². The molecule has 0 aliphatic carbocycles. The van der Waals surface area contributed by atoms with Crippen LogP contribution in [0.5, 0.6) is 0 Å². The normalized spacial score (nSPS) is 12.9. The number of aliphatic hydroxyl groups is 1. The molecule has 2 N–H and O–H groups in total. The average molecular weight is 237 g/mol. The van der Waals surface area contributed by atoms with Gasteiger partial charge in [0.15, 0.2) is 0 Å². The van der Waals surface area contributed by atoms with Crippen molar-refractivity contribution in [3.05, 3.63) is 0 Å². The number of hydrogen-bond donors (Lipinski definition) is 2. The number of methoxy groups -OCH3 is 1. The van der Waals surface area contributed by atoms with E-state index in [0.717, 1.165) is 0 Å². The highest BCUT2D eigenvalue weighted by molar-refractivity contribution is 4.44. The van der Waals surface area contributed by atoms with E-state index in [2.05, 4.69) is 5.32 Å². The minimum absolute atomic E-state index is 0.268. The number of hydrogen-bond acceptors (Lipinski definition) is 6. The van der Waals surface area contributed by atoms with Crippen molar-refractivity contribution < 1.29 is 24.1 Å². The minimum atomic E-state index is -0.614. The van der Waals surface area contributed by atoms with Gasteiger partial charge in [0.25, 0.3) is 0 Å². The van der Waals surface area contributed by atoms with Crippen LogP contribution in [0.2, 0.25) is 0 Å². The minimum Gasteiger partial charge on any atom is -0.382 e. The highest BCUT2D eigenvalue weighted by Crippen LogP contribution is 1.83. The number of nitrogens with one attached hydrogen (secondary N) is 1. The van der Waals surface area contributed by atoms with Crippen LogP contribution in [0.1, 0.15) is 0 Å². The third-order valence-electron chi connectivity index (χ3n) is 1.78. The predicted molar refractivity (Wildman–Crippen MR) is 59.4 cm³/mol. The van der Waals surface area contributed by atoms with Crippen molar-refractivity contribution in [2.24, 2.45) is 0 Å². The molecule has 0 saturated carbocycles. The van der Waals surface area contributed by atoms with Gasteiger partial charge in [-0.05, 0) is 7.05 Å². The molecular weight excluding hydrogens is 214 g/mol. The zero-order valence-electron chi connectivity index (χ0n) is 10.1. The third-order valence-corrected chi connectivity index (χ3v) is 1.78. The lowest BCUT2D eigenvalue weighted by molar-refractivity contribution is -0.0192. The zero-order valence-corrected chi connectivity index (χ0v) is 10.1. The summed E-state index contributed by atoms with van der Waals surface area (Å²) in [6, 6.07) is 0. The van der Waals surface area contributed by atoms with E-state index in [4.69, 9.17) is 24.1 Å². The van der Waals surface area contributed by atoms with Crippen LogP contribution in [0.3, 0.4) is 0 Å². The Bertz CT molecular complexity index is 136. The van der Waals surface area contributed by atoms with E-state index in [1.165, 1.54) is 0 Å². The zero-order chi connectivity index (χ0) is 12.1. The number of aliphatic hydroxyl groups excluding tert-OH is 1. The summed E-state index contributed by atoms with van der Waals surface area (Å²) in [6.07, 6.45) is -0.614. The van der Waals surface area contributed by atoms with Crippen molar-refractivity contribution >= 4 is 0 Å². The SMILES string of the molecule is CNC(O)COCCOCCOCCOC. The van der Waals surface area contributed by atoms with E-state index in [0.29, 0.717) is 39.6 Å². The van der Waals surface area contributed by atoms with Crippen molar-refractivity contribution in [3.8, 4) is 0 Å². The van der Waals surface area contributed by atoms with Crippen molar-refractivity contribution in [2.45, 2.75) is 6.23 Å². The van der Waals surface area contributed by atoms with E-state index in [1.807, 2.05) is 0 Å². The Morgan fingerprint density at radius 3 is 1.94 bits per heavy atom. The molecule has 98 valence electrons. The number of rotatable bonds is 12. The molecule has 0 radical (unpaired) electrons.